The molecule has 21 heavy (non-hydrogen) atoms. The summed E-state index contributed by atoms with van der Waals surface area (Å²) in [7, 11) is 0. The molecule has 1 N–H and O–H groups in total. The van der Waals surface area contributed by atoms with Gasteiger partial charge in [-0.05, 0) is 31.0 Å². The highest BCUT2D eigenvalue weighted by Crippen LogP contribution is 2.22. The van der Waals surface area contributed by atoms with Crippen molar-refractivity contribution in [3.8, 4) is 0 Å². The predicted octanol–water partition coefficient (Wildman–Crippen LogP) is 2.92. The van der Waals surface area contributed by atoms with E-state index in [1.807, 2.05) is 6.07 Å². The summed E-state index contributed by atoms with van der Waals surface area (Å²) in [6, 6.07) is 5.46. The number of rotatable bonds is 4. The Kier molecular flexibility index (Phi) is 5.78. The monoisotopic (exact) mass is 419 g/mol. The van der Waals surface area contributed by atoms with Crippen LogP contribution in [-0.2, 0) is 9.53 Å². The third-order valence-corrected chi connectivity index (χ3v) is 4.20. The molecule has 0 saturated carbocycles. The fourth-order valence-corrected chi connectivity index (χ4v) is 3.57. The van der Waals surface area contributed by atoms with E-state index in [0.717, 1.165) is 8.95 Å². The molecular formula is C14H15Br2NO4. The molecule has 1 aliphatic heterocycles. The van der Waals surface area contributed by atoms with Gasteiger partial charge in [0.1, 0.15) is 6.61 Å². The number of carboxylic acid groups (broad SMARTS) is 1. The first-order valence-electron chi connectivity index (χ1n) is 6.54. The zero-order chi connectivity index (χ0) is 15.4. The average molecular weight is 421 g/mol. The molecule has 114 valence electrons. The highest BCUT2D eigenvalue weighted by Gasteiger charge is 2.24. The van der Waals surface area contributed by atoms with Crippen molar-refractivity contribution in [1.29, 1.82) is 0 Å². The van der Waals surface area contributed by atoms with E-state index in [4.69, 9.17) is 9.84 Å². The first kappa shape index (κ1) is 16.5. The van der Waals surface area contributed by atoms with Gasteiger partial charge in [0, 0.05) is 27.6 Å². The molecular weight excluding hydrogens is 406 g/mol. The fraction of sp³-hybridized carbons (Fsp3) is 0.429. The molecule has 0 atom stereocenters. The number of amides is 1. The van der Waals surface area contributed by atoms with Gasteiger partial charge in [-0.25, -0.2) is 4.79 Å². The SMILES string of the molecule is O=C(O)COC1CCN(C(=O)c2cc(Br)cc(Br)c2)CC1. The van der Waals surface area contributed by atoms with Crippen molar-refractivity contribution < 1.29 is 19.4 Å². The number of carbonyl (C=O) groups excluding carboxylic acids is 1. The average Bonchev–Trinajstić information content (AvgIpc) is 2.44. The van der Waals surface area contributed by atoms with Gasteiger partial charge in [-0.1, -0.05) is 31.9 Å². The minimum Gasteiger partial charge on any atom is -0.480 e. The number of halogens is 2. The summed E-state index contributed by atoms with van der Waals surface area (Å²) in [5.41, 5.74) is 0.626. The topological polar surface area (TPSA) is 66.8 Å². The molecule has 0 spiro atoms. The van der Waals surface area contributed by atoms with Gasteiger partial charge in [0.2, 0.25) is 0 Å². The summed E-state index contributed by atoms with van der Waals surface area (Å²) in [6.45, 7) is 0.873. The summed E-state index contributed by atoms with van der Waals surface area (Å²) in [6.07, 6.45) is 1.24. The van der Waals surface area contributed by atoms with Crippen LogP contribution in [0.5, 0.6) is 0 Å². The Balaban J connectivity index is 1.92. The van der Waals surface area contributed by atoms with E-state index >= 15 is 0 Å². The number of nitrogens with zero attached hydrogens (tertiary/aromatic N) is 1. The molecule has 0 aliphatic carbocycles. The lowest BCUT2D eigenvalue weighted by atomic mass is 10.1. The Hall–Kier alpha value is -0.920. The van der Waals surface area contributed by atoms with Gasteiger partial charge in [-0.2, -0.15) is 0 Å². The smallest absolute Gasteiger partial charge is 0.329 e. The minimum absolute atomic E-state index is 0.0197. The second-order valence-electron chi connectivity index (χ2n) is 4.85. The molecule has 1 aliphatic rings. The zero-order valence-corrected chi connectivity index (χ0v) is 14.4. The van der Waals surface area contributed by atoms with E-state index in [2.05, 4.69) is 31.9 Å². The van der Waals surface area contributed by atoms with Crippen LogP contribution in [-0.4, -0.2) is 47.7 Å². The molecule has 0 radical (unpaired) electrons. The number of ether oxygens (including phenoxy) is 1. The van der Waals surface area contributed by atoms with Gasteiger partial charge in [-0.3, -0.25) is 4.79 Å². The maximum atomic E-state index is 12.4. The number of hydrogen-bond acceptors (Lipinski definition) is 3. The Morgan fingerprint density at radius 3 is 2.29 bits per heavy atom. The number of piperidine rings is 1. The van der Waals surface area contributed by atoms with Gasteiger partial charge >= 0.3 is 5.97 Å². The first-order chi connectivity index (χ1) is 9.95. The van der Waals surface area contributed by atoms with E-state index < -0.39 is 5.97 Å². The third kappa shape index (κ3) is 4.79. The number of benzene rings is 1. The van der Waals surface area contributed by atoms with Crippen molar-refractivity contribution in [2.24, 2.45) is 0 Å². The van der Waals surface area contributed by atoms with E-state index in [-0.39, 0.29) is 18.6 Å². The van der Waals surface area contributed by atoms with Gasteiger partial charge in [0.05, 0.1) is 6.10 Å². The van der Waals surface area contributed by atoms with Crippen LogP contribution in [0.25, 0.3) is 0 Å². The van der Waals surface area contributed by atoms with Crippen LogP contribution in [0.2, 0.25) is 0 Å². The van der Waals surface area contributed by atoms with Crippen molar-refractivity contribution in [1.82, 2.24) is 4.90 Å². The lowest BCUT2D eigenvalue weighted by molar-refractivity contribution is -0.145. The van der Waals surface area contributed by atoms with Gasteiger partial charge in [0.25, 0.3) is 5.91 Å². The van der Waals surface area contributed by atoms with Gasteiger partial charge in [0.15, 0.2) is 0 Å². The quantitative estimate of drug-likeness (QED) is 0.813. The van der Waals surface area contributed by atoms with E-state index in [0.29, 0.717) is 31.5 Å². The standard InChI is InChI=1S/C14H15Br2NO4/c15-10-5-9(6-11(16)7-10)14(20)17-3-1-12(2-4-17)21-8-13(18)19/h5-7,12H,1-4,8H2,(H,18,19). The molecule has 1 heterocycles. The van der Waals surface area contributed by atoms with Crippen LogP contribution >= 0.6 is 31.9 Å². The van der Waals surface area contributed by atoms with Crippen molar-refractivity contribution in [3.63, 3.8) is 0 Å². The maximum absolute atomic E-state index is 12.4. The molecule has 1 aromatic carbocycles. The summed E-state index contributed by atoms with van der Waals surface area (Å²) in [5.74, 6) is -0.985. The second-order valence-corrected chi connectivity index (χ2v) is 6.69. The summed E-state index contributed by atoms with van der Waals surface area (Å²) in [5, 5.41) is 8.59. The summed E-state index contributed by atoms with van der Waals surface area (Å²) >= 11 is 6.75. The van der Waals surface area contributed by atoms with Crippen LogP contribution < -0.4 is 0 Å². The van der Waals surface area contributed by atoms with Crippen LogP contribution in [0.1, 0.15) is 23.2 Å². The number of hydrogen-bond donors (Lipinski definition) is 1. The van der Waals surface area contributed by atoms with Crippen molar-refractivity contribution in [2.75, 3.05) is 19.7 Å². The largest absolute Gasteiger partial charge is 0.480 e. The summed E-state index contributed by atoms with van der Waals surface area (Å²) < 4.78 is 6.96. The second kappa shape index (κ2) is 7.38. The lowest BCUT2D eigenvalue weighted by Gasteiger charge is -2.31. The van der Waals surface area contributed by atoms with Crippen LogP contribution in [0, 0.1) is 0 Å². The molecule has 5 nitrogen and oxygen atoms in total. The highest BCUT2D eigenvalue weighted by atomic mass is 79.9. The van der Waals surface area contributed by atoms with Gasteiger partial charge < -0.3 is 14.7 Å². The number of likely N-dealkylation sites (tertiary alicyclic amines) is 1. The van der Waals surface area contributed by atoms with Crippen LogP contribution in [0.15, 0.2) is 27.1 Å². The number of carbonyl (C=O) groups is 2. The normalized spacial score (nSPS) is 16.0. The molecule has 1 amide bonds. The van der Waals surface area contributed by atoms with E-state index in [1.54, 1.807) is 17.0 Å². The third-order valence-electron chi connectivity index (χ3n) is 3.28. The Labute approximate surface area is 139 Å². The maximum Gasteiger partial charge on any atom is 0.329 e. The predicted molar refractivity (Wildman–Crippen MR) is 84.4 cm³/mol. The van der Waals surface area contributed by atoms with Crippen molar-refractivity contribution >= 4 is 43.7 Å². The van der Waals surface area contributed by atoms with Crippen molar-refractivity contribution in [3.05, 3.63) is 32.7 Å². The molecule has 1 saturated heterocycles. The molecule has 1 aromatic rings. The molecule has 0 unspecified atom stereocenters. The first-order valence-corrected chi connectivity index (χ1v) is 8.13. The molecule has 0 bridgehead atoms. The van der Waals surface area contributed by atoms with Crippen LogP contribution in [0.4, 0.5) is 0 Å². The van der Waals surface area contributed by atoms with Gasteiger partial charge in [-0.15, -0.1) is 0 Å². The minimum atomic E-state index is -0.965. The Morgan fingerprint density at radius 1 is 1.19 bits per heavy atom. The fourth-order valence-electron chi connectivity index (χ4n) is 2.27. The Bertz CT molecular complexity index is 522. The van der Waals surface area contributed by atoms with Crippen molar-refractivity contribution in [2.45, 2.75) is 18.9 Å². The number of carboxylic acids is 1. The summed E-state index contributed by atoms with van der Waals surface area (Å²) in [4.78, 5) is 24.7. The zero-order valence-electron chi connectivity index (χ0n) is 11.2. The lowest BCUT2D eigenvalue weighted by Crippen LogP contribution is -2.41. The molecule has 7 heteroatoms. The van der Waals surface area contributed by atoms with E-state index in [1.165, 1.54) is 0 Å². The molecule has 2 rings (SSSR count). The number of aliphatic carboxylic acids is 1. The van der Waals surface area contributed by atoms with E-state index in [9.17, 15) is 9.59 Å². The molecule has 0 aromatic heterocycles. The highest BCUT2D eigenvalue weighted by molar-refractivity contribution is 9.11. The molecule has 1 fully saturated rings. The van der Waals surface area contributed by atoms with Crippen LogP contribution in [0.3, 0.4) is 0 Å². The Morgan fingerprint density at radius 2 is 1.76 bits per heavy atom.